The smallest absolute Gasteiger partial charge is 0.370 e. The van der Waals surface area contributed by atoms with Gasteiger partial charge in [-0.25, -0.2) is 14.6 Å². The van der Waals surface area contributed by atoms with Crippen molar-refractivity contribution < 1.29 is 17.9 Å². The van der Waals surface area contributed by atoms with Crippen LogP contribution in [0.25, 0.3) is 11.2 Å². The lowest BCUT2D eigenvalue weighted by Gasteiger charge is -2.07. The third-order valence-corrected chi connectivity index (χ3v) is 2.18. The molecular weight excluding hydrogens is 249 g/mol. The van der Waals surface area contributed by atoms with Crippen LogP contribution in [0.1, 0.15) is 5.69 Å². The average Bonchev–Trinajstić information content (AvgIpc) is 2.66. The van der Waals surface area contributed by atoms with Gasteiger partial charge in [-0.2, -0.15) is 18.3 Å². The molecule has 5 nitrogen and oxygen atoms in total. The number of ether oxygens (including phenoxy) is 1. The van der Waals surface area contributed by atoms with Crippen LogP contribution < -0.4 is 0 Å². The summed E-state index contributed by atoms with van der Waals surface area (Å²) in [6.45, 7) is 0.657. The minimum absolute atomic E-state index is 0.0775. The van der Waals surface area contributed by atoms with Crippen molar-refractivity contribution >= 4 is 11.2 Å². The van der Waals surface area contributed by atoms with Crippen molar-refractivity contribution in [3.8, 4) is 0 Å². The Labute approximate surface area is 101 Å². The van der Waals surface area contributed by atoms with Crippen molar-refractivity contribution in [2.75, 3.05) is 13.2 Å². The molecule has 2 aromatic rings. The van der Waals surface area contributed by atoms with Gasteiger partial charge < -0.3 is 4.74 Å². The van der Waals surface area contributed by atoms with Gasteiger partial charge in [0.2, 0.25) is 0 Å². The van der Waals surface area contributed by atoms with Crippen LogP contribution >= 0.6 is 0 Å². The molecule has 0 aliphatic rings. The first-order valence-electron chi connectivity index (χ1n) is 5.25. The largest absolute Gasteiger partial charge is 0.411 e. The van der Waals surface area contributed by atoms with Crippen LogP contribution in [0.3, 0.4) is 0 Å². The molecule has 98 valence electrons. The highest BCUT2D eigenvalue weighted by molar-refractivity contribution is 5.68. The number of alkyl halides is 3. The fourth-order valence-electron chi connectivity index (χ4n) is 1.44. The molecule has 18 heavy (non-hydrogen) atoms. The van der Waals surface area contributed by atoms with Gasteiger partial charge in [-0.1, -0.05) is 0 Å². The van der Waals surface area contributed by atoms with Crippen molar-refractivity contribution in [3.05, 3.63) is 18.1 Å². The van der Waals surface area contributed by atoms with E-state index in [9.17, 15) is 13.2 Å². The molecule has 8 heteroatoms. The molecule has 0 aliphatic carbocycles. The summed E-state index contributed by atoms with van der Waals surface area (Å²) in [5.74, 6) is 0. The Bertz CT molecular complexity index is 537. The van der Waals surface area contributed by atoms with Crippen LogP contribution in [0.5, 0.6) is 0 Å². The first-order valence-corrected chi connectivity index (χ1v) is 5.25. The molecule has 0 saturated heterocycles. The monoisotopic (exact) mass is 260 g/mol. The van der Waals surface area contributed by atoms with E-state index in [1.54, 1.807) is 13.1 Å². The fraction of sp³-hybridized carbons (Fsp3) is 0.500. The molecule has 0 radical (unpaired) electrons. The van der Waals surface area contributed by atoms with E-state index < -0.39 is 12.8 Å². The van der Waals surface area contributed by atoms with E-state index in [4.69, 9.17) is 0 Å². The average molecular weight is 260 g/mol. The molecule has 0 fully saturated rings. The third kappa shape index (κ3) is 3.16. The first-order chi connectivity index (χ1) is 8.46. The van der Waals surface area contributed by atoms with E-state index in [0.29, 0.717) is 11.2 Å². The van der Waals surface area contributed by atoms with Gasteiger partial charge in [-0.05, 0) is 6.92 Å². The van der Waals surface area contributed by atoms with Gasteiger partial charge in [0.15, 0.2) is 5.65 Å². The molecule has 0 amide bonds. The summed E-state index contributed by atoms with van der Waals surface area (Å²) < 4.78 is 41.6. The zero-order chi connectivity index (χ0) is 13.2. The zero-order valence-corrected chi connectivity index (χ0v) is 9.61. The minimum atomic E-state index is -4.30. The SMILES string of the molecule is Cc1cnc2cnn(CCOCC(F)(F)F)c2n1. The summed E-state index contributed by atoms with van der Waals surface area (Å²) in [6, 6.07) is 0. The number of fused-ring (bicyclic) bond motifs is 1. The van der Waals surface area contributed by atoms with Crippen LogP contribution in [-0.2, 0) is 11.3 Å². The second-order valence-corrected chi connectivity index (χ2v) is 3.76. The fourth-order valence-corrected chi connectivity index (χ4v) is 1.44. The summed E-state index contributed by atoms with van der Waals surface area (Å²) in [5, 5.41) is 4.00. The number of aryl methyl sites for hydroxylation is 1. The lowest BCUT2D eigenvalue weighted by Crippen LogP contribution is -2.19. The highest BCUT2D eigenvalue weighted by Gasteiger charge is 2.27. The summed E-state index contributed by atoms with van der Waals surface area (Å²) in [7, 11) is 0. The molecule has 0 aromatic carbocycles. The quantitative estimate of drug-likeness (QED) is 0.785. The van der Waals surface area contributed by atoms with Crippen molar-refractivity contribution in [3.63, 3.8) is 0 Å². The Morgan fingerprint density at radius 3 is 2.83 bits per heavy atom. The Kier molecular flexibility index (Phi) is 3.46. The Hall–Kier alpha value is -1.70. The molecule has 2 rings (SSSR count). The molecule has 0 atom stereocenters. The van der Waals surface area contributed by atoms with Crippen molar-refractivity contribution in [2.45, 2.75) is 19.6 Å². The Morgan fingerprint density at radius 1 is 1.33 bits per heavy atom. The summed E-state index contributed by atoms with van der Waals surface area (Å²) >= 11 is 0. The predicted octanol–water partition coefficient (Wildman–Crippen LogP) is 1.71. The predicted molar refractivity (Wildman–Crippen MR) is 56.9 cm³/mol. The molecule has 0 spiro atoms. The second-order valence-electron chi connectivity index (χ2n) is 3.76. The van der Waals surface area contributed by atoms with Crippen molar-refractivity contribution in [1.82, 2.24) is 19.7 Å². The highest BCUT2D eigenvalue weighted by Crippen LogP contribution is 2.14. The third-order valence-electron chi connectivity index (χ3n) is 2.18. The maximum atomic E-state index is 11.9. The number of halogens is 3. The summed E-state index contributed by atoms with van der Waals surface area (Å²) in [6.07, 6.45) is -1.18. The number of aromatic nitrogens is 4. The van der Waals surface area contributed by atoms with Gasteiger partial charge in [0.25, 0.3) is 0 Å². The Balaban J connectivity index is 1.98. The van der Waals surface area contributed by atoms with Crippen LogP contribution in [0.15, 0.2) is 12.4 Å². The van der Waals surface area contributed by atoms with Crippen LogP contribution in [0.4, 0.5) is 13.2 Å². The molecule has 0 saturated carbocycles. The Morgan fingerprint density at radius 2 is 2.11 bits per heavy atom. The molecule has 0 bridgehead atoms. The summed E-state index contributed by atoms with van der Waals surface area (Å²) in [5.41, 5.74) is 1.88. The van der Waals surface area contributed by atoms with E-state index in [0.717, 1.165) is 5.69 Å². The molecule has 2 heterocycles. The van der Waals surface area contributed by atoms with Crippen molar-refractivity contribution in [2.24, 2.45) is 0 Å². The maximum absolute atomic E-state index is 11.9. The molecule has 0 aliphatic heterocycles. The van der Waals surface area contributed by atoms with E-state index in [1.165, 1.54) is 10.9 Å². The maximum Gasteiger partial charge on any atom is 0.411 e. The van der Waals surface area contributed by atoms with Crippen LogP contribution in [0.2, 0.25) is 0 Å². The lowest BCUT2D eigenvalue weighted by molar-refractivity contribution is -0.174. The van der Waals surface area contributed by atoms with Gasteiger partial charge in [0, 0.05) is 6.20 Å². The normalized spacial score (nSPS) is 12.2. The number of nitrogens with zero attached hydrogens (tertiary/aromatic N) is 4. The van der Waals surface area contributed by atoms with E-state index in [-0.39, 0.29) is 13.2 Å². The molecule has 0 unspecified atom stereocenters. The standard InChI is InChI=1S/C10H11F3N4O/c1-7-4-14-8-5-15-17(9(8)16-7)2-3-18-6-10(11,12)13/h4-5H,2-3,6H2,1H3. The van der Waals surface area contributed by atoms with Gasteiger partial charge in [0.05, 0.1) is 25.0 Å². The van der Waals surface area contributed by atoms with Crippen LogP contribution in [-0.4, -0.2) is 39.1 Å². The van der Waals surface area contributed by atoms with Gasteiger partial charge in [-0.15, -0.1) is 0 Å². The van der Waals surface area contributed by atoms with Crippen molar-refractivity contribution in [1.29, 1.82) is 0 Å². The van der Waals surface area contributed by atoms with E-state index in [1.807, 2.05) is 0 Å². The molecular formula is C10H11F3N4O. The summed E-state index contributed by atoms with van der Waals surface area (Å²) in [4.78, 5) is 8.33. The minimum Gasteiger partial charge on any atom is -0.370 e. The zero-order valence-electron chi connectivity index (χ0n) is 9.61. The highest BCUT2D eigenvalue weighted by atomic mass is 19.4. The molecule has 0 N–H and O–H groups in total. The van der Waals surface area contributed by atoms with Gasteiger partial charge >= 0.3 is 6.18 Å². The molecule has 2 aromatic heterocycles. The van der Waals surface area contributed by atoms with Gasteiger partial charge in [-0.3, -0.25) is 0 Å². The number of hydrogen-bond acceptors (Lipinski definition) is 4. The van der Waals surface area contributed by atoms with Gasteiger partial charge in [0.1, 0.15) is 12.1 Å². The number of rotatable bonds is 4. The number of hydrogen-bond donors (Lipinski definition) is 0. The van der Waals surface area contributed by atoms with Crippen LogP contribution in [0, 0.1) is 6.92 Å². The van der Waals surface area contributed by atoms with E-state index >= 15 is 0 Å². The second kappa shape index (κ2) is 4.89. The topological polar surface area (TPSA) is 52.8 Å². The lowest BCUT2D eigenvalue weighted by atomic mass is 10.5. The van der Waals surface area contributed by atoms with E-state index in [2.05, 4.69) is 19.8 Å². The first kappa shape index (κ1) is 12.7.